The van der Waals surface area contributed by atoms with Gasteiger partial charge in [0, 0.05) is 12.8 Å². The van der Waals surface area contributed by atoms with Crippen molar-refractivity contribution in [1.29, 1.82) is 0 Å². The van der Waals surface area contributed by atoms with Crippen LogP contribution in [0.1, 0.15) is 51.5 Å². The predicted molar refractivity (Wildman–Crippen MR) is 102 cm³/mol. The summed E-state index contributed by atoms with van der Waals surface area (Å²) in [6.45, 7) is 4.72. The number of ether oxygens (including phenoxy) is 1. The van der Waals surface area contributed by atoms with Gasteiger partial charge in [0.05, 0.1) is 0 Å². The molecule has 1 aliphatic carbocycles. The minimum atomic E-state index is 0.275. The van der Waals surface area contributed by atoms with Crippen molar-refractivity contribution in [2.45, 2.75) is 52.4 Å². The topological polar surface area (TPSA) is 26.3 Å². The fourth-order valence-corrected chi connectivity index (χ4v) is 3.78. The molecule has 25 heavy (non-hydrogen) atoms. The monoisotopic (exact) mass is 336 g/mol. The summed E-state index contributed by atoms with van der Waals surface area (Å²) in [6.07, 6.45) is 5.85. The maximum Gasteiger partial charge on any atom is 0.132 e. The standard InChI is InChI=1S/C23H28O2/c1-23(2,19-11-13-20(24)14-12-19)16-15-18-7-6-10-22(17-18)25-21-8-4-3-5-9-21/h3-10,17,19H,11-16H2,1-2H3. The van der Waals surface area contributed by atoms with Gasteiger partial charge in [-0.2, -0.15) is 0 Å². The zero-order chi connectivity index (χ0) is 17.7. The zero-order valence-corrected chi connectivity index (χ0v) is 15.3. The summed E-state index contributed by atoms with van der Waals surface area (Å²) >= 11 is 0. The van der Waals surface area contributed by atoms with Crippen LogP contribution in [-0.2, 0) is 11.2 Å². The molecule has 0 atom stereocenters. The Kier molecular flexibility index (Phi) is 5.57. The van der Waals surface area contributed by atoms with E-state index in [0.29, 0.717) is 11.7 Å². The highest BCUT2D eigenvalue weighted by Crippen LogP contribution is 2.40. The molecule has 2 aromatic rings. The molecule has 0 radical (unpaired) electrons. The summed E-state index contributed by atoms with van der Waals surface area (Å²) in [5.74, 6) is 2.86. The molecule has 2 heteroatoms. The lowest BCUT2D eigenvalue weighted by molar-refractivity contribution is -0.121. The molecule has 2 nitrogen and oxygen atoms in total. The number of benzene rings is 2. The molecule has 1 saturated carbocycles. The van der Waals surface area contributed by atoms with Crippen molar-refractivity contribution in [3.63, 3.8) is 0 Å². The molecule has 132 valence electrons. The van der Waals surface area contributed by atoms with E-state index in [-0.39, 0.29) is 5.41 Å². The summed E-state index contributed by atoms with van der Waals surface area (Å²) < 4.78 is 5.94. The van der Waals surface area contributed by atoms with Crippen molar-refractivity contribution in [2.24, 2.45) is 11.3 Å². The SMILES string of the molecule is CC(C)(CCc1cccc(Oc2ccccc2)c1)C1CCC(=O)CC1. The van der Waals surface area contributed by atoms with Gasteiger partial charge in [0.2, 0.25) is 0 Å². The summed E-state index contributed by atoms with van der Waals surface area (Å²) in [6, 6.07) is 18.3. The molecule has 0 aliphatic heterocycles. The highest BCUT2D eigenvalue weighted by atomic mass is 16.5. The van der Waals surface area contributed by atoms with E-state index in [9.17, 15) is 4.79 Å². The van der Waals surface area contributed by atoms with Crippen LogP contribution < -0.4 is 4.74 Å². The minimum Gasteiger partial charge on any atom is -0.457 e. The second-order valence-corrected chi connectivity index (χ2v) is 7.86. The number of aryl methyl sites for hydroxylation is 1. The van der Waals surface area contributed by atoms with Gasteiger partial charge in [0.1, 0.15) is 17.3 Å². The van der Waals surface area contributed by atoms with Crippen LogP contribution in [-0.4, -0.2) is 5.78 Å². The van der Waals surface area contributed by atoms with Crippen LogP contribution in [0.15, 0.2) is 54.6 Å². The van der Waals surface area contributed by atoms with Gasteiger partial charge in [-0.1, -0.05) is 44.2 Å². The fraction of sp³-hybridized carbons (Fsp3) is 0.435. The number of ketones is 1. The second-order valence-electron chi connectivity index (χ2n) is 7.86. The zero-order valence-electron chi connectivity index (χ0n) is 15.3. The second kappa shape index (κ2) is 7.86. The first-order valence-corrected chi connectivity index (χ1v) is 9.36. The number of hydrogen-bond acceptors (Lipinski definition) is 2. The summed E-state index contributed by atoms with van der Waals surface area (Å²) in [5, 5.41) is 0. The Morgan fingerprint density at radius 2 is 1.64 bits per heavy atom. The van der Waals surface area contributed by atoms with Crippen molar-refractivity contribution >= 4 is 5.78 Å². The third kappa shape index (κ3) is 4.94. The first-order valence-electron chi connectivity index (χ1n) is 9.36. The molecule has 1 aliphatic rings. The molecule has 0 heterocycles. The van der Waals surface area contributed by atoms with Gasteiger partial charge in [-0.15, -0.1) is 0 Å². The predicted octanol–water partition coefficient (Wildman–Crippen LogP) is 6.20. The summed E-state index contributed by atoms with van der Waals surface area (Å²) in [5.41, 5.74) is 1.59. The van der Waals surface area contributed by atoms with Crippen molar-refractivity contribution in [1.82, 2.24) is 0 Å². The summed E-state index contributed by atoms with van der Waals surface area (Å²) in [7, 11) is 0. The van der Waals surface area contributed by atoms with E-state index < -0.39 is 0 Å². The van der Waals surface area contributed by atoms with Crippen LogP contribution in [0.2, 0.25) is 0 Å². The third-order valence-corrected chi connectivity index (χ3v) is 5.58. The van der Waals surface area contributed by atoms with Gasteiger partial charge < -0.3 is 4.74 Å². The van der Waals surface area contributed by atoms with Crippen LogP contribution in [0, 0.1) is 11.3 Å². The van der Waals surface area contributed by atoms with Gasteiger partial charge >= 0.3 is 0 Å². The van der Waals surface area contributed by atoms with Gasteiger partial charge in [0.25, 0.3) is 0 Å². The quantitative estimate of drug-likeness (QED) is 0.628. The molecule has 0 N–H and O–H groups in total. The largest absolute Gasteiger partial charge is 0.457 e. The molecule has 3 rings (SSSR count). The number of rotatable bonds is 6. The lowest BCUT2D eigenvalue weighted by Gasteiger charge is -2.37. The first kappa shape index (κ1) is 17.7. The Bertz CT molecular complexity index is 693. The molecule has 2 aromatic carbocycles. The maximum absolute atomic E-state index is 11.5. The Hall–Kier alpha value is -2.09. The van der Waals surface area contributed by atoms with E-state index in [1.54, 1.807) is 0 Å². The summed E-state index contributed by atoms with van der Waals surface area (Å²) in [4.78, 5) is 11.5. The van der Waals surface area contributed by atoms with E-state index in [4.69, 9.17) is 4.74 Å². The smallest absolute Gasteiger partial charge is 0.132 e. The van der Waals surface area contributed by atoms with Gasteiger partial charge in [-0.3, -0.25) is 4.79 Å². The average Bonchev–Trinajstić information content (AvgIpc) is 2.62. The molecule has 0 unspecified atom stereocenters. The fourth-order valence-electron chi connectivity index (χ4n) is 3.78. The maximum atomic E-state index is 11.5. The highest BCUT2D eigenvalue weighted by Gasteiger charge is 2.32. The van der Waals surface area contributed by atoms with Crippen LogP contribution in [0.5, 0.6) is 11.5 Å². The van der Waals surface area contributed by atoms with E-state index in [0.717, 1.165) is 50.0 Å². The van der Waals surface area contributed by atoms with Crippen molar-refractivity contribution in [3.8, 4) is 11.5 Å². The van der Waals surface area contributed by atoms with E-state index >= 15 is 0 Å². The lowest BCUT2D eigenvalue weighted by atomic mass is 9.68. The Labute approximate surface area is 151 Å². The van der Waals surface area contributed by atoms with E-state index in [1.165, 1.54) is 5.56 Å². The van der Waals surface area contributed by atoms with Crippen LogP contribution >= 0.6 is 0 Å². The third-order valence-electron chi connectivity index (χ3n) is 5.58. The Balaban J connectivity index is 1.59. The Morgan fingerprint density at radius 1 is 0.960 bits per heavy atom. The number of carbonyl (C=O) groups excluding carboxylic acids is 1. The van der Waals surface area contributed by atoms with Crippen LogP contribution in [0.4, 0.5) is 0 Å². The number of para-hydroxylation sites is 1. The molecule has 1 fully saturated rings. The van der Waals surface area contributed by atoms with Crippen LogP contribution in [0.3, 0.4) is 0 Å². The molecule has 0 spiro atoms. The highest BCUT2D eigenvalue weighted by molar-refractivity contribution is 5.79. The number of carbonyl (C=O) groups is 1. The average molecular weight is 336 g/mol. The molecule has 0 aromatic heterocycles. The van der Waals surface area contributed by atoms with Gasteiger partial charge in [-0.05, 0) is 66.8 Å². The Morgan fingerprint density at radius 3 is 2.36 bits per heavy atom. The van der Waals surface area contributed by atoms with Crippen molar-refractivity contribution < 1.29 is 9.53 Å². The van der Waals surface area contributed by atoms with Crippen molar-refractivity contribution in [3.05, 3.63) is 60.2 Å². The van der Waals surface area contributed by atoms with Crippen molar-refractivity contribution in [2.75, 3.05) is 0 Å². The normalized spacial score (nSPS) is 16.0. The van der Waals surface area contributed by atoms with Gasteiger partial charge in [-0.25, -0.2) is 0 Å². The minimum absolute atomic E-state index is 0.275. The molecule has 0 saturated heterocycles. The van der Waals surface area contributed by atoms with Gasteiger partial charge in [0.15, 0.2) is 0 Å². The molecular formula is C23H28O2. The molecular weight excluding hydrogens is 308 g/mol. The number of Topliss-reactive ketones (excluding diaryl/α,β-unsaturated/α-hetero) is 1. The number of hydrogen-bond donors (Lipinski definition) is 0. The first-order chi connectivity index (χ1) is 12.0. The van der Waals surface area contributed by atoms with E-state index in [2.05, 4.69) is 32.0 Å². The molecule has 0 amide bonds. The lowest BCUT2D eigenvalue weighted by Crippen LogP contribution is -2.29. The molecule has 0 bridgehead atoms. The van der Waals surface area contributed by atoms with Crippen LogP contribution in [0.25, 0.3) is 0 Å². The van der Waals surface area contributed by atoms with E-state index in [1.807, 2.05) is 36.4 Å².